The largest absolute Gasteiger partial charge is 0.385 e. The van der Waals surface area contributed by atoms with Crippen molar-refractivity contribution in [2.24, 2.45) is 10.7 Å². The van der Waals surface area contributed by atoms with Gasteiger partial charge >= 0.3 is 6.03 Å². The maximum Gasteiger partial charge on any atom is 0.347 e. The Morgan fingerprint density at radius 1 is 1.42 bits per heavy atom. The van der Waals surface area contributed by atoms with Crippen LogP contribution in [0.3, 0.4) is 0 Å². The van der Waals surface area contributed by atoms with Gasteiger partial charge in [-0.25, -0.2) is 4.79 Å². The molecule has 1 unspecified atom stereocenters. The first-order valence-electron chi connectivity index (χ1n) is 6.29. The molecule has 0 radical (unpaired) electrons. The van der Waals surface area contributed by atoms with Crippen LogP contribution in [0.2, 0.25) is 0 Å². The van der Waals surface area contributed by atoms with Crippen molar-refractivity contribution in [3.05, 3.63) is 35.4 Å². The Balaban J connectivity index is 2.07. The van der Waals surface area contributed by atoms with Gasteiger partial charge in [0.15, 0.2) is 0 Å². The van der Waals surface area contributed by atoms with E-state index in [1.807, 2.05) is 19.1 Å². The number of benzene rings is 1. The summed E-state index contributed by atoms with van der Waals surface area (Å²) in [7, 11) is 0. The lowest BCUT2D eigenvalue weighted by molar-refractivity contribution is 0.163. The predicted octanol–water partition coefficient (Wildman–Crippen LogP) is 1.34. The number of amidine groups is 1. The van der Waals surface area contributed by atoms with Gasteiger partial charge < -0.3 is 5.73 Å². The van der Waals surface area contributed by atoms with Gasteiger partial charge in [-0.1, -0.05) is 30.2 Å². The molecule has 1 aromatic rings. The average Bonchev–Trinajstić information content (AvgIpc) is 2.88. The first-order valence-corrected chi connectivity index (χ1v) is 6.29. The molecule has 1 heterocycles. The third kappa shape index (κ3) is 1.48. The van der Waals surface area contributed by atoms with Crippen LogP contribution < -0.4 is 5.73 Å². The second kappa shape index (κ2) is 3.86. The summed E-state index contributed by atoms with van der Waals surface area (Å²) in [6, 6.07) is 7.49. The van der Waals surface area contributed by atoms with Crippen LogP contribution in [0.4, 0.5) is 4.79 Å². The monoisotopic (exact) mass is 253 g/mol. The second-order valence-electron chi connectivity index (χ2n) is 5.15. The molecule has 4 heteroatoms. The van der Waals surface area contributed by atoms with Crippen LogP contribution in [-0.4, -0.2) is 28.3 Å². The highest BCUT2D eigenvalue weighted by Crippen LogP contribution is 2.39. The number of nitrogens with two attached hydrogens (primary N) is 1. The van der Waals surface area contributed by atoms with Crippen molar-refractivity contribution in [2.45, 2.75) is 31.3 Å². The summed E-state index contributed by atoms with van der Waals surface area (Å²) in [5.41, 5.74) is 7.91. The van der Waals surface area contributed by atoms with Crippen molar-refractivity contribution in [2.75, 3.05) is 0 Å². The standard InChI is InChI=1S/C15H15N3O/c1-3-10(2)18-14(19)17-13(16)15(18)8-11-6-4-5-7-12(11)9-15/h1,4-7,10H,8-9H2,2H3,(H2,16,17,19). The molecule has 2 N–H and O–H groups in total. The van der Waals surface area contributed by atoms with Crippen LogP contribution in [-0.2, 0) is 12.8 Å². The summed E-state index contributed by atoms with van der Waals surface area (Å²) in [5.74, 6) is 3.00. The van der Waals surface area contributed by atoms with Crippen molar-refractivity contribution in [1.29, 1.82) is 0 Å². The van der Waals surface area contributed by atoms with E-state index in [0.717, 1.165) is 0 Å². The zero-order valence-electron chi connectivity index (χ0n) is 10.8. The highest BCUT2D eigenvalue weighted by atomic mass is 16.2. The Kier molecular flexibility index (Phi) is 2.39. The molecule has 2 amide bonds. The number of aliphatic imine (C=N–C) groups is 1. The lowest BCUT2D eigenvalue weighted by Gasteiger charge is -2.36. The molecule has 1 spiro atoms. The lowest BCUT2D eigenvalue weighted by Crippen LogP contribution is -2.57. The number of terminal acetylenes is 1. The fourth-order valence-corrected chi connectivity index (χ4v) is 3.12. The van der Waals surface area contributed by atoms with Gasteiger partial charge in [0.05, 0.1) is 6.04 Å². The fourth-order valence-electron chi connectivity index (χ4n) is 3.12. The smallest absolute Gasteiger partial charge is 0.347 e. The molecule has 1 aliphatic heterocycles. The average molecular weight is 253 g/mol. The topological polar surface area (TPSA) is 58.7 Å². The minimum Gasteiger partial charge on any atom is -0.385 e. The van der Waals surface area contributed by atoms with Gasteiger partial charge in [-0.2, -0.15) is 4.99 Å². The summed E-state index contributed by atoms with van der Waals surface area (Å²) in [5, 5.41) is 0. The Labute approximate surface area is 112 Å². The highest BCUT2D eigenvalue weighted by Gasteiger charge is 2.53. The Bertz CT molecular complexity index is 602. The van der Waals surface area contributed by atoms with E-state index in [-0.39, 0.29) is 12.1 Å². The highest BCUT2D eigenvalue weighted by molar-refractivity contribution is 6.07. The molecule has 0 bridgehead atoms. The molecular formula is C15H15N3O. The van der Waals surface area contributed by atoms with Gasteiger partial charge in [0.1, 0.15) is 11.4 Å². The number of hydrogen-bond donors (Lipinski definition) is 1. The summed E-state index contributed by atoms with van der Waals surface area (Å²) < 4.78 is 0. The van der Waals surface area contributed by atoms with Gasteiger partial charge in [0.25, 0.3) is 0 Å². The Morgan fingerprint density at radius 3 is 2.53 bits per heavy atom. The van der Waals surface area contributed by atoms with E-state index >= 15 is 0 Å². The first-order chi connectivity index (χ1) is 9.08. The molecule has 0 saturated carbocycles. The molecule has 1 aromatic carbocycles. The number of hydrogen-bond acceptors (Lipinski definition) is 2. The second-order valence-corrected chi connectivity index (χ2v) is 5.15. The molecule has 4 nitrogen and oxygen atoms in total. The van der Waals surface area contributed by atoms with Gasteiger partial charge in [0, 0.05) is 12.8 Å². The summed E-state index contributed by atoms with van der Waals surface area (Å²) in [6.45, 7) is 1.83. The van der Waals surface area contributed by atoms with Crippen LogP contribution in [0.25, 0.3) is 0 Å². The van der Waals surface area contributed by atoms with E-state index < -0.39 is 5.54 Å². The summed E-state index contributed by atoms with van der Waals surface area (Å²) in [4.78, 5) is 17.7. The van der Waals surface area contributed by atoms with Crippen LogP contribution >= 0.6 is 0 Å². The van der Waals surface area contributed by atoms with Crippen molar-refractivity contribution < 1.29 is 4.79 Å². The normalized spacial score (nSPS) is 21.2. The van der Waals surface area contributed by atoms with Crippen LogP contribution in [0.15, 0.2) is 29.3 Å². The zero-order valence-corrected chi connectivity index (χ0v) is 10.8. The molecule has 0 saturated heterocycles. The summed E-state index contributed by atoms with van der Waals surface area (Å²) in [6.07, 6.45) is 6.86. The van der Waals surface area contributed by atoms with E-state index in [4.69, 9.17) is 12.2 Å². The predicted molar refractivity (Wildman–Crippen MR) is 73.7 cm³/mol. The Hall–Kier alpha value is -2.28. The van der Waals surface area contributed by atoms with Crippen LogP contribution in [0, 0.1) is 12.3 Å². The van der Waals surface area contributed by atoms with Crippen molar-refractivity contribution in [3.63, 3.8) is 0 Å². The maximum absolute atomic E-state index is 12.1. The summed E-state index contributed by atoms with van der Waals surface area (Å²) >= 11 is 0. The lowest BCUT2D eigenvalue weighted by atomic mass is 9.92. The number of carbonyl (C=O) groups is 1. The van der Waals surface area contributed by atoms with E-state index in [1.54, 1.807) is 4.90 Å². The molecule has 19 heavy (non-hydrogen) atoms. The van der Waals surface area contributed by atoms with Gasteiger partial charge in [0.2, 0.25) is 0 Å². The van der Waals surface area contributed by atoms with Crippen molar-refractivity contribution in [3.8, 4) is 12.3 Å². The molecular weight excluding hydrogens is 238 g/mol. The third-order valence-corrected chi connectivity index (χ3v) is 4.07. The number of amides is 2. The van der Waals surface area contributed by atoms with Crippen molar-refractivity contribution >= 4 is 11.9 Å². The zero-order chi connectivity index (χ0) is 13.6. The van der Waals surface area contributed by atoms with Crippen LogP contribution in [0.5, 0.6) is 0 Å². The molecule has 0 aromatic heterocycles. The molecule has 2 aliphatic rings. The van der Waals surface area contributed by atoms with Gasteiger partial charge in [-0.15, -0.1) is 6.42 Å². The number of nitrogens with zero attached hydrogens (tertiary/aromatic N) is 2. The fraction of sp³-hybridized carbons (Fsp3) is 0.333. The number of urea groups is 1. The minimum absolute atomic E-state index is 0.313. The van der Waals surface area contributed by atoms with E-state index in [0.29, 0.717) is 18.7 Å². The van der Waals surface area contributed by atoms with Gasteiger partial charge in [-0.05, 0) is 18.1 Å². The first kappa shape index (κ1) is 11.8. The molecule has 1 atom stereocenters. The number of rotatable bonds is 1. The van der Waals surface area contributed by atoms with Crippen molar-refractivity contribution in [1.82, 2.24) is 4.90 Å². The SMILES string of the molecule is C#CC(C)N1C(=O)N=C(N)C12Cc1ccccc1C2. The van der Waals surface area contributed by atoms with E-state index in [2.05, 4.69) is 23.0 Å². The molecule has 96 valence electrons. The Morgan fingerprint density at radius 2 is 2.00 bits per heavy atom. The number of carbonyl (C=O) groups excluding carboxylic acids is 1. The quantitative estimate of drug-likeness (QED) is 0.768. The maximum atomic E-state index is 12.1. The number of fused-ring (bicyclic) bond motifs is 1. The minimum atomic E-state index is -0.563. The molecule has 1 aliphatic carbocycles. The van der Waals surface area contributed by atoms with E-state index in [1.165, 1.54) is 11.1 Å². The molecule has 0 fully saturated rings. The third-order valence-electron chi connectivity index (χ3n) is 4.07. The molecule has 3 rings (SSSR count). The van der Waals surface area contributed by atoms with E-state index in [9.17, 15) is 4.79 Å². The van der Waals surface area contributed by atoms with Gasteiger partial charge in [-0.3, -0.25) is 4.90 Å². The van der Waals surface area contributed by atoms with Crippen LogP contribution in [0.1, 0.15) is 18.1 Å².